The molecule has 1 aromatic heterocycles. The van der Waals surface area contributed by atoms with E-state index >= 15 is 0 Å². The average molecular weight is 287 g/mol. The van der Waals surface area contributed by atoms with Crippen LogP contribution in [-0.4, -0.2) is 15.7 Å². The van der Waals surface area contributed by atoms with Crippen LogP contribution in [0.4, 0.5) is 5.69 Å². The predicted octanol–water partition coefficient (Wildman–Crippen LogP) is 3.28. The average Bonchev–Trinajstić information content (AvgIpc) is 2.67. The van der Waals surface area contributed by atoms with E-state index in [2.05, 4.69) is 10.4 Å². The van der Waals surface area contributed by atoms with Gasteiger partial charge in [0.25, 0.3) is 0 Å². The summed E-state index contributed by atoms with van der Waals surface area (Å²) in [6.07, 6.45) is 1.53. The van der Waals surface area contributed by atoms with Crippen molar-refractivity contribution in [2.24, 2.45) is 7.05 Å². The highest BCUT2D eigenvalue weighted by Crippen LogP contribution is 2.20. The number of nitrogens with zero attached hydrogens (tertiary/aromatic N) is 2. The summed E-state index contributed by atoms with van der Waals surface area (Å²) in [4.78, 5) is 13.0. The molecule has 20 heavy (non-hydrogen) atoms. The lowest BCUT2D eigenvalue weighted by Gasteiger charge is -2.02. The minimum absolute atomic E-state index is 0.146. The van der Waals surface area contributed by atoms with Gasteiger partial charge in [0.2, 0.25) is 5.91 Å². The molecule has 0 fully saturated rings. The lowest BCUT2D eigenvalue weighted by Crippen LogP contribution is -2.09. The first kappa shape index (κ1) is 14.4. The summed E-state index contributed by atoms with van der Waals surface area (Å²) < 4.78 is 1.76. The lowest BCUT2D eigenvalue weighted by molar-refractivity contribution is -0.111. The third-order valence-electron chi connectivity index (χ3n) is 2.92. The third kappa shape index (κ3) is 3.51. The fraction of sp³-hybridized carbons (Fsp3) is 0.200. The smallest absolute Gasteiger partial charge is 0.248 e. The molecule has 0 saturated carbocycles. The maximum Gasteiger partial charge on any atom is 0.248 e. The topological polar surface area (TPSA) is 46.9 Å². The zero-order chi connectivity index (χ0) is 14.5. The van der Waals surface area contributed by atoms with Gasteiger partial charge in [0, 0.05) is 18.0 Å². The second kappa shape index (κ2) is 6.43. The fourth-order valence-electron chi connectivity index (χ4n) is 1.79. The summed E-state index contributed by atoms with van der Waals surface area (Å²) in [6, 6.07) is 9.91. The Hall–Kier alpha value is -2.01. The zero-order valence-corrected chi connectivity index (χ0v) is 12.6. The van der Waals surface area contributed by atoms with Crippen molar-refractivity contribution in [1.82, 2.24) is 9.78 Å². The number of hydrogen-bond acceptors (Lipinski definition) is 3. The van der Waals surface area contributed by atoms with Crippen LogP contribution in [-0.2, 0) is 11.8 Å². The van der Waals surface area contributed by atoms with Gasteiger partial charge in [-0.05, 0) is 31.4 Å². The Kier molecular flexibility index (Phi) is 4.63. The van der Waals surface area contributed by atoms with Crippen LogP contribution < -0.4 is 5.32 Å². The molecule has 4 nitrogen and oxygen atoms in total. The molecule has 1 aromatic carbocycles. The summed E-state index contributed by atoms with van der Waals surface area (Å²) in [5.74, 6) is -0.146. The van der Waals surface area contributed by atoms with Crippen LogP contribution in [0.5, 0.6) is 0 Å². The molecule has 0 bridgehead atoms. The fourth-order valence-corrected chi connectivity index (χ4v) is 2.46. The number of benzene rings is 1. The standard InChI is InChI=1S/C15H17N3OS/c1-11-15(12(2)18(3)17-11)16-14(19)9-10-20-13-7-5-4-6-8-13/h4-10H,1-3H3,(H,16,19)/b10-9+. The molecule has 2 rings (SSSR count). The van der Waals surface area contributed by atoms with E-state index in [1.54, 1.807) is 10.1 Å². The Balaban J connectivity index is 1.96. The Morgan fingerprint density at radius 3 is 2.60 bits per heavy atom. The SMILES string of the molecule is Cc1nn(C)c(C)c1NC(=O)/C=C/Sc1ccccc1. The first-order valence-electron chi connectivity index (χ1n) is 6.27. The highest BCUT2D eigenvalue weighted by Gasteiger charge is 2.10. The summed E-state index contributed by atoms with van der Waals surface area (Å²) in [6.45, 7) is 3.81. The van der Waals surface area contributed by atoms with Gasteiger partial charge in [0.15, 0.2) is 0 Å². The molecule has 2 aromatic rings. The van der Waals surface area contributed by atoms with Crippen molar-refractivity contribution in [2.45, 2.75) is 18.7 Å². The summed E-state index contributed by atoms with van der Waals surface area (Å²) in [5, 5.41) is 8.91. The molecular formula is C15H17N3OS. The first-order valence-corrected chi connectivity index (χ1v) is 7.15. The van der Waals surface area contributed by atoms with Crippen molar-refractivity contribution in [3.8, 4) is 0 Å². The van der Waals surface area contributed by atoms with E-state index in [0.717, 1.165) is 22.0 Å². The number of rotatable bonds is 4. The third-order valence-corrected chi connectivity index (χ3v) is 3.74. The lowest BCUT2D eigenvalue weighted by atomic mass is 10.3. The molecule has 104 valence electrons. The molecule has 0 aliphatic carbocycles. The van der Waals surface area contributed by atoms with Crippen LogP contribution in [0.2, 0.25) is 0 Å². The summed E-state index contributed by atoms with van der Waals surface area (Å²) in [7, 11) is 1.86. The molecule has 0 saturated heterocycles. The molecule has 0 aliphatic heterocycles. The highest BCUT2D eigenvalue weighted by molar-refractivity contribution is 8.02. The molecular weight excluding hydrogens is 270 g/mol. The second-order valence-corrected chi connectivity index (χ2v) is 5.37. The van der Waals surface area contributed by atoms with Crippen LogP contribution in [0.25, 0.3) is 0 Å². The number of aryl methyl sites for hydroxylation is 2. The molecule has 0 radical (unpaired) electrons. The van der Waals surface area contributed by atoms with E-state index in [1.165, 1.54) is 17.8 Å². The molecule has 1 heterocycles. The van der Waals surface area contributed by atoms with Crippen molar-refractivity contribution < 1.29 is 4.79 Å². The van der Waals surface area contributed by atoms with Gasteiger partial charge in [-0.25, -0.2) is 0 Å². The molecule has 0 spiro atoms. The number of hydrogen-bond donors (Lipinski definition) is 1. The van der Waals surface area contributed by atoms with Crippen molar-refractivity contribution in [3.63, 3.8) is 0 Å². The molecule has 1 N–H and O–H groups in total. The molecule has 0 unspecified atom stereocenters. The van der Waals surface area contributed by atoms with Crippen LogP contribution in [0.1, 0.15) is 11.4 Å². The number of amides is 1. The molecule has 0 aliphatic rings. The van der Waals surface area contributed by atoms with Crippen molar-refractivity contribution >= 4 is 23.4 Å². The van der Waals surface area contributed by atoms with Gasteiger partial charge in [0.1, 0.15) is 0 Å². The van der Waals surface area contributed by atoms with E-state index < -0.39 is 0 Å². The van der Waals surface area contributed by atoms with Gasteiger partial charge >= 0.3 is 0 Å². The number of carbonyl (C=O) groups is 1. The second-order valence-electron chi connectivity index (χ2n) is 4.39. The Labute approximate surface area is 122 Å². The van der Waals surface area contributed by atoms with Gasteiger partial charge < -0.3 is 5.32 Å². The number of anilines is 1. The van der Waals surface area contributed by atoms with E-state index in [0.29, 0.717) is 0 Å². The van der Waals surface area contributed by atoms with Crippen molar-refractivity contribution in [1.29, 1.82) is 0 Å². The first-order chi connectivity index (χ1) is 9.58. The maximum atomic E-state index is 11.9. The van der Waals surface area contributed by atoms with Gasteiger partial charge in [-0.3, -0.25) is 9.48 Å². The normalized spacial score (nSPS) is 10.9. The van der Waals surface area contributed by atoms with Crippen LogP contribution in [0.3, 0.4) is 0 Å². The highest BCUT2D eigenvalue weighted by atomic mass is 32.2. The van der Waals surface area contributed by atoms with E-state index in [-0.39, 0.29) is 5.91 Å². The quantitative estimate of drug-likeness (QED) is 0.693. The predicted molar refractivity (Wildman–Crippen MR) is 82.8 cm³/mol. The number of carbonyl (C=O) groups excluding carboxylic acids is 1. The minimum atomic E-state index is -0.146. The summed E-state index contributed by atoms with van der Waals surface area (Å²) in [5.41, 5.74) is 2.55. The van der Waals surface area contributed by atoms with Crippen molar-refractivity contribution in [3.05, 3.63) is 53.2 Å². The van der Waals surface area contributed by atoms with E-state index in [1.807, 2.05) is 51.2 Å². The van der Waals surface area contributed by atoms with E-state index in [9.17, 15) is 4.79 Å². The Morgan fingerprint density at radius 2 is 2.00 bits per heavy atom. The summed E-state index contributed by atoms with van der Waals surface area (Å²) >= 11 is 1.51. The molecule has 5 heteroatoms. The molecule has 1 amide bonds. The maximum absolute atomic E-state index is 11.9. The molecule has 0 atom stereocenters. The van der Waals surface area contributed by atoms with Crippen LogP contribution >= 0.6 is 11.8 Å². The van der Waals surface area contributed by atoms with E-state index in [4.69, 9.17) is 0 Å². The minimum Gasteiger partial charge on any atom is -0.319 e. The number of aromatic nitrogens is 2. The Bertz CT molecular complexity index is 632. The number of nitrogens with one attached hydrogen (secondary N) is 1. The van der Waals surface area contributed by atoms with Gasteiger partial charge in [-0.2, -0.15) is 5.10 Å². The van der Waals surface area contributed by atoms with Crippen LogP contribution in [0.15, 0.2) is 46.7 Å². The van der Waals surface area contributed by atoms with Crippen LogP contribution in [0, 0.1) is 13.8 Å². The largest absolute Gasteiger partial charge is 0.319 e. The van der Waals surface area contributed by atoms with Gasteiger partial charge in [-0.1, -0.05) is 30.0 Å². The number of thioether (sulfide) groups is 1. The van der Waals surface area contributed by atoms with Gasteiger partial charge in [-0.15, -0.1) is 0 Å². The Morgan fingerprint density at radius 1 is 1.30 bits per heavy atom. The van der Waals surface area contributed by atoms with Crippen molar-refractivity contribution in [2.75, 3.05) is 5.32 Å². The monoisotopic (exact) mass is 287 g/mol. The zero-order valence-electron chi connectivity index (χ0n) is 11.8. The van der Waals surface area contributed by atoms with Gasteiger partial charge in [0.05, 0.1) is 17.1 Å².